The monoisotopic (exact) mass is 209 g/mol. The van der Waals surface area contributed by atoms with Crippen molar-refractivity contribution < 1.29 is 0 Å². The molecule has 1 fully saturated rings. The lowest BCUT2D eigenvalue weighted by Gasteiger charge is -2.41. The Morgan fingerprint density at radius 1 is 1.47 bits per heavy atom. The van der Waals surface area contributed by atoms with Crippen molar-refractivity contribution >= 4 is 0 Å². The van der Waals surface area contributed by atoms with Gasteiger partial charge in [0, 0.05) is 12.1 Å². The lowest BCUT2D eigenvalue weighted by atomic mass is 9.87. The van der Waals surface area contributed by atoms with Gasteiger partial charge in [-0.2, -0.15) is 0 Å². The van der Waals surface area contributed by atoms with Gasteiger partial charge in [0.25, 0.3) is 0 Å². The number of hydrogen-bond acceptors (Lipinski definition) is 3. The molecule has 0 radical (unpaired) electrons. The van der Waals surface area contributed by atoms with Gasteiger partial charge in [-0.25, -0.2) is 0 Å². The Morgan fingerprint density at radius 3 is 2.60 bits per heavy atom. The molecule has 0 spiro atoms. The second-order valence-corrected chi connectivity index (χ2v) is 4.38. The van der Waals surface area contributed by atoms with Gasteiger partial charge < -0.3 is 10.6 Å². The molecule has 1 saturated heterocycles. The molecule has 15 heavy (non-hydrogen) atoms. The van der Waals surface area contributed by atoms with Crippen molar-refractivity contribution in [3.63, 3.8) is 0 Å². The number of nitrogens with one attached hydrogen (secondary N) is 1. The fourth-order valence-electron chi connectivity index (χ4n) is 2.21. The zero-order valence-electron chi connectivity index (χ0n) is 9.76. The summed E-state index contributed by atoms with van der Waals surface area (Å²) in [6.07, 6.45) is 8.73. The minimum absolute atomic E-state index is 0.0939. The van der Waals surface area contributed by atoms with Crippen LogP contribution in [0.2, 0.25) is 0 Å². The summed E-state index contributed by atoms with van der Waals surface area (Å²) < 4.78 is 0. The predicted octanol–water partition coefficient (Wildman–Crippen LogP) is 0.413. The summed E-state index contributed by atoms with van der Waals surface area (Å²) in [5.74, 6) is 2.63. The maximum absolute atomic E-state index is 5.85. The molecule has 0 unspecified atom stereocenters. The Labute approximate surface area is 93.4 Å². The van der Waals surface area contributed by atoms with Crippen molar-refractivity contribution in [2.75, 3.05) is 32.7 Å². The van der Waals surface area contributed by atoms with E-state index >= 15 is 0 Å². The molecule has 0 aliphatic carbocycles. The van der Waals surface area contributed by atoms with Gasteiger partial charge in [-0.15, -0.1) is 6.42 Å². The van der Waals surface area contributed by atoms with Gasteiger partial charge in [0.1, 0.15) is 0 Å². The maximum atomic E-state index is 5.85. The van der Waals surface area contributed by atoms with Gasteiger partial charge in [-0.3, -0.25) is 5.32 Å². The zero-order chi connectivity index (χ0) is 11.1. The highest BCUT2D eigenvalue weighted by molar-refractivity contribution is 4.98. The number of hydrogen-bond donors (Lipinski definition) is 2. The minimum Gasteiger partial charge on any atom is -0.329 e. The number of likely N-dealkylation sites (tertiary alicyclic amines) is 1. The molecular formula is C12H23N3. The van der Waals surface area contributed by atoms with E-state index in [9.17, 15) is 0 Å². The summed E-state index contributed by atoms with van der Waals surface area (Å²) in [5.41, 5.74) is 5.94. The molecule has 3 N–H and O–H groups in total. The van der Waals surface area contributed by atoms with E-state index in [4.69, 9.17) is 12.2 Å². The molecule has 0 aromatic rings. The topological polar surface area (TPSA) is 41.3 Å². The van der Waals surface area contributed by atoms with E-state index in [0.717, 1.165) is 25.9 Å². The summed E-state index contributed by atoms with van der Waals surface area (Å²) in [7, 11) is 0. The van der Waals surface area contributed by atoms with Crippen LogP contribution in [-0.2, 0) is 0 Å². The van der Waals surface area contributed by atoms with Crippen LogP contribution in [0.15, 0.2) is 0 Å². The van der Waals surface area contributed by atoms with Gasteiger partial charge in [0.05, 0.1) is 6.54 Å². The van der Waals surface area contributed by atoms with Gasteiger partial charge in [-0.1, -0.05) is 12.8 Å². The lowest BCUT2D eigenvalue weighted by molar-refractivity contribution is 0.143. The number of piperidine rings is 1. The normalized spacial score (nSPS) is 21.1. The zero-order valence-corrected chi connectivity index (χ0v) is 9.76. The molecule has 86 valence electrons. The summed E-state index contributed by atoms with van der Waals surface area (Å²) in [5, 5.41) is 3.41. The molecule has 0 aromatic heterocycles. The highest BCUT2D eigenvalue weighted by Gasteiger charge is 2.32. The summed E-state index contributed by atoms with van der Waals surface area (Å²) in [6.45, 7) is 7.03. The Balaban J connectivity index is 2.40. The van der Waals surface area contributed by atoms with Crippen LogP contribution in [0.1, 0.15) is 26.2 Å². The van der Waals surface area contributed by atoms with E-state index < -0.39 is 0 Å². The van der Waals surface area contributed by atoms with E-state index in [-0.39, 0.29) is 5.54 Å². The third-order valence-electron chi connectivity index (χ3n) is 3.31. The van der Waals surface area contributed by atoms with E-state index in [1.165, 1.54) is 13.0 Å². The summed E-state index contributed by atoms with van der Waals surface area (Å²) >= 11 is 0. The van der Waals surface area contributed by atoms with Crippen LogP contribution >= 0.6 is 0 Å². The number of nitrogens with zero attached hydrogens (tertiary/aromatic N) is 1. The first kappa shape index (κ1) is 12.5. The molecule has 0 bridgehead atoms. The van der Waals surface area contributed by atoms with Gasteiger partial charge >= 0.3 is 0 Å². The molecule has 1 heterocycles. The summed E-state index contributed by atoms with van der Waals surface area (Å²) in [6, 6.07) is 0. The van der Waals surface area contributed by atoms with Crippen LogP contribution in [-0.4, -0.2) is 43.2 Å². The molecule has 0 aromatic carbocycles. The van der Waals surface area contributed by atoms with Crippen LogP contribution in [0.3, 0.4) is 0 Å². The first-order valence-electron chi connectivity index (χ1n) is 5.87. The molecule has 0 saturated carbocycles. The van der Waals surface area contributed by atoms with Gasteiger partial charge in [0.2, 0.25) is 0 Å². The third kappa shape index (κ3) is 3.49. The maximum Gasteiger partial charge on any atom is 0.0578 e. The average molecular weight is 209 g/mol. The molecule has 0 amide bonds. The molecule has 1 aliphatic rings. The van der Waals surface area contributed by atoms with Crippen molar-refractivity contribution in [3.05, 3.63) is 0 Å². The minimum atomic E-state index is 0.0939. The van der Waals surface area contributed by atoms with Crippen LogP contribution < -0.4 is 11.1 Å². The fraction of sp³-hybridized carbons (Fsp3) is 0.833. The van der Waals surface area contributed by atoms with Crippen molar-refractivity contribution in [2.24, 2.45) is 5.73 Å². The van der Waals surface area contributed by atoms with Gasteiger partial charge in [-0.05, 0) is 38.9 Å². The lowest BCUT2D eigenvalue weighted by Crippen LogP contribution is -2.57. The molecule has 1 aliphatic heterocycles. The molecule has 0 atom stereocenters. The van der Waals surface area contributed by atoms with Crippen LogP contribution in [0.25, 0.3) is 0 Å². The van der Waals surface area contributed by atoms with E-state index in [2.05, 4.69) is 23.1 Å². The van der Waals surface area contributed by atoms with Crippen molar-refractivity contribution in [2.45, 2.75) is 31.7 Å². The number of terminal acetylenes is 1. The highest BCUT2D eigenvalue weighted by atomic mass is 15.2. The van der Waals surface area contributed by atoms with Crippen molar-refractivity contribution in [1.29, 1.82) is 0 Å². The molecule has 1 rings (SSSR count). The Hall–Kier alpha value is -0.560. The Bertz CT molecular complexity index is 211. The second-order valence-electron chi connectivity index (χ2n) is 4.38. The first-order chi connectivity index (χ1) is 7.26. The Morgan fingerprint density at radius 2 is 2.13 bits per heavy atom. The van der Waals surface area contributed by atoms with Crippen LogP contribution in [0.4, 0.5) is 0 Å². The second kappa shape index (κ2) is 6.12. The van der Waals surface area contributed by atoms with E-state index in [0.29, 0.717) is 13.1 Å². The first-order valence-corrected chi connectivity index (χ1v) is 5.87. The van der Waals surface area contributed by atoms with Crippen molar-refractivity contribution in [1.82, 2.24) is 10.2 Å². The number of nitrogens with two attached hydrogens (primary N) is 1. The predicted molar refractivity (Wildman–Crippen MR) is 64.6 cm³/mol. The van der Waals surface area contributed by atoms with Crippen LogP contribution in [0.5, 0.6) is 0 Å². The Kier molecular flexibility index (Phi) is 5.10. The summed E-state index contributed by atoms with van der Waals surface area (Å²) in [4.78, 5) is 2.51. The standard InChI is InChI=1S/C12H23N3/c1-3-7-14-12(11-13)5-9-15(8-4-2)10-6-12/h1,14H,4-11,13H2,2H3. The molecule has 3 nitrogen and oxygen atoms in total. The number of rotatable bonds is 5. The quantitative estimate of drug-likeness (QED) is 0.645. The van der Waals surface area contributed by atoms with Crippen LogP contribution in [0, 0.1) is 12.3 Å². The average Bonchev–Trinajstić information content (AvgIpc) is 2.29. The van der Waals surface area contributed by atoms with E-state index in [1.54, 1.807) is 0 Å². The SMILES string of the molecule is C#CCNC1(CN)CCN(CCC)CC1. The fourth-order valence-corrected chi connectivity index (χ4v) is 2.21. The third-order valence-corrected chi connectivity index (χ3v) is 3.31. The van der Waals surface area contributed by atoms with E-state index in [1.807, 2.05) is 0 Å². The highest BCUT2D eigenvalue weighted by Crippen LogP contribution is 2.21. The smallest absolute Gasteiger partial charge is 0.0578 e. The molecule has 3 heteroatoms. The van der Waals surface area contributed by atoms with Crippen molar-refractivity contribution in [3.8, 4) is 12.3 Å². The largest absolute Gasteiger partial charge is 0.329 e. The van der Waals surface area contributed by atoms with Gasteiger partial charge in [0.15, 0.2) is 0 Å². The molecular weight excluding hydrogens is 186 g/mol.